The molecule has 3 rings (SSSR count). The fourth-order valence-corrected chi connectivity index (χ4v) is 2.92. The van der Waals surface area contributed by atoms with Crippen molar-refractivity contribution < 1.29 is 4.79 Å². The van der Waals surface area contributed by atoms with E-state index >= 15 is 0 Å². The molecule has 1 atom stereocenters. The summed E-state index contributed by atoms with van der Waals surface area (Å²) >= 11 is 0. The summed E-state index contributed by atoms with van der Waals surface area (Å²) in [6.07, 6.45) is 0. The molecule has 0 saturated carbocycles. The summed E-state index contributed by atoms with van der Waals surface area (Å²) in [5, 5.41) is 3.12. The van der Waals surface area contributed by atoms with E-state index in [1.165, 1.54) is 11.1 Å². The second-order valence-corrected chi connectivity index (χ2v) is 6.65. The van der Waals surface area contributed by atoms with Crippen molar-refractivity contribution in [2.24, 2.45) is 5.73 Å². The zero-order chi connectivity index (χ0) is 18.5. The second kappa shape index (κ2) is 7.98. The Hall–Kier alpha value is -2.91. The Labute approximate surface area is 154 Å². The summed E-state index contributed by atoms with van der Waals surface area (Å²) in [6.45, 7) is 4.10. The maximum atomic E-state index is 12.8. The zero-order valence-electron chi connectivity index (χ0n) is 15.1. The minimum atomic E-state index is -0.699. The van der Waals surface area contributed by atoms with Crippen molar-refractivity contribution in [3.8, 4) is 0 Å². The molecule has 0 heterocycles. The second-order valence-electron chi connectivity index (χ2n) is 6.65. The van der Waals surface area contributed by atoms with Gasteiger partial charge in [0.25, 0.3) is 0 Å². The minimum absolute atomic E-state index is 0.192. The summed E-state index contributed by atoms with van der Waals surface area (Å²) < 4.78 is 0. The van der Waals surface area contributed by atoms with Crippen LogP contribution in [0.2, 0.25) is 0 Å². The van der Waals surface area contributed by atoms with Gasteiger partial charge in [-0.1, -0.05) is 90.0 Å². The van der Waals surface area contributed by atoms with Crippen molar-refractivity contribution in [1.82, 2.24) is 5.32 Å². The van der Waals surface area contributed by atoms with Gasteiger partial charge in [-0.15, -0.1) is 0 Å². The number of nitrogens with two attached hydrogens (primary N) is 1. The molecular formula is C23H24N2O. The van der Waals surface area contributed by atoms with Crippen molar-refractivity contribution in [2.75, 3.05) is 0 Å². The van der Waals surface area contributed by atoms with Gasteiger partial charge in [-0.3, -0.25) is 4.79 Å². The molecule has 0 aliphatic rings. The number of rotatable bonds is 5. The van der Waals surface area contributed by atoms with Gasteiger partial charge in [-0.05, 0) is 30.5 Å². The van der Waals surface area contributed by atoms with Crippen LogP contribution in [0.3, 0.4) is 0 Å². The molecule has 0 saturated heterocycles. The summed E-state index contributed by atoms with van der Waals surface area (Å²) in [4.78, 5) is 12.8. The molecule has 0 radical (unpaired) electrons. The quantitative estimate of drug-likeness (QED) is 0.728. The largest absolute Gasteiger partial charge is 0.344 e. The van der Waals surface area contributed by atoms with Crippen molar-refractivity contribution >= 4 is 5.91 Å². The molecular weight excluding hydrogens is 320 g/mol. The molecule has 0 aromatic heterocycles. The average molecular weight is 344 g/mol. The van der Waals surface area contributed by atoms with Crippen LogP contribution in [0.5, 0.6) is 0 Å². The molecule has 0 fully saturated rings. The highest BCUT2D eigenvalue weighted by molar-refractivity contribution is 5.83. The maximum Gasteiger partial charge on any atom is 0.242 e. The molecule has 3 N–H and O–H groups in total. The Morgan fingerprint density at radius 3 is 1.65 bits per heavy atom. The maximum absolute atomic E-state index is 12.8. The molecule has 0 aliphatic carbocycles. The van der Waals surface area contributed by atoms with Gasteiger partial charge in [0.15, 0.2) is 0 Å². The lowest BCUT2D eigenvalue weighted by Gasteiger charge is -2.22. The van der Waals surface area contributed by atoms with Gasteiger partial charge in [-0.2, -0.15) is 0 Å². The highest BCUT2D eigenvalue weighted by Crippen LogP contribution is 2.24. The topological polar surface area (TPSA) is 55.1 Å². The van der Waals surface area contributed by atoms with Crippen molar-refractivity contribution in [3.63, 3.8) is 0 Å². The van der Waals surface area contributed by atoms with Crippen molar-refractivity contribution in [2.45, 2.75) is 25.9 Å². The smallest absolute Gasteiger partial charge is 0.242 e. The van der Waals surface area contributed by atoms with Crippen LogP contribution in [0.15, 0.2) is 78.9 Å². The molecule has 3 heteroatoms. The Bertz CT molecular complexity index is 809. The standard InChI is InChI=1S/C23H24N2O/c1-16-8-12-19(13-9-16)22(20-14-10-17(2)11-15-20)25-23(26)21(24)18-6-4-3-5-7-18/h3-15,21-22H,24H2,1-2H3,(H,25,26). The molecule has 0 bridgehead atoms. The number of aryl methyl sites for hydroxylation is 2. The van der Waals surface area contributed by atoms with E-state index in [2.05, 4.69) is 43.4 Å². The van der Waals surface area contributed by atoms with E-state index in [-0.39, 0.29) is 11.9 Å². The third-order valence-corrected chi connectivity index (χ3v) is 4.55. The highest BCUT2D eigenvalue weighted by Gasteiger charge is 2.22. The predicted molar refractivity (Wildman–Crippen MR) is 106 cm³/mol. The van der Waals surface area contributed by atoms with Gasteiger partial charge in [0.05, 0.1) is 6.04 Å². The minimum Gasteiger partial charge on any atom is -0.344 e. The third kappa shape index (κ3) is 4.19. The van der Waals surface area contributed by atoms with Crippen LogP contribution >= 0.6 is 0 Å². The molecule has 1 amide bonds. The number of amides is 1. The van der Waals surface area contributed by atoms with Gasteiger partial charge in [0.1, 0.15) is 6.04 Å². The summed E-state index contributed by atoms with van der Waals surface area (Å²) in [6, 6.07) is 24.9. The van der Waals surface area contributed by atoms with E-state index in [0.717, 1.165) is 16.7 Å². The number of benzene rings is 3. The fourth-order valence-electron chi connectivity index (χ4n) is 2.92. The Balaban J connectivity index is 1.89. The third-order valence-electron chi connectivity index (χ3n) is 4.55. The predicted octanol–water partition coefficient (Wildman–Crippen LogP) is 4.21. The number of nitrogens with one attached hydrogen (secondary N) is 1. The van der Waals surface area contributed by atoms with Crippen LogP contribution in [0.25, 0.3) is 0 Å². The molecule has 0 aliphatic heterocycles. The molecule has 3 aromatic rings. The SMILES string of the molecule is Cc1ccc(C(NC(=O)C(N)c2ccccc2)c2ccc(C)cc2)cc1. The van der Waals surface area contributed by atoms with Crippen LogP contribution < -0.4 is 11.1 Å². The molecule has 1 unspecified atom stereocenters. The van der Waals surface area contributed by atoms with Crippen LogP contribution in [0.4, 0.5) is 0 Å². The summed E-state index contributed by atoms with van der Waals surface area (Å²) in [5.41, 5.74) is 11.4. The normalized spacial score (nSPS) is 12.0. The summed E-state index contributed by atoms with van der Waals surface area (Å²) in [7, 11) is 0. The first-order valence-corrected chi connectivity index (χ1v) is 8.78. The zero-order valence-corrected chi connectivity index (χ0v) is 15.1. The van der Waals surface area contributed by atoms with Gasteiger partial charge >= 0.3 is 0 Å². The lowest BCUT2D eigenvalue weighted by Crippen LogP contribution is -2.37. The highest BCUT2D eigenvalue weighted by atomic mass is 16.2. The summed E-state index contributed by atoms with van der Waals surface area (Å²) in [5.74, 6) is -0.192. The lowest BCUT2D eigenvalue weighted by atomic mass is 9.96. The van der Waals surface area contributed by atoms with Gasteiger partial charge < -0.3 is 11.1 Å². The first-order valence-electron chi connectivity index (χ1n) is 8.78. The van der Waals surface area contributed by atoms with E-state index < -0.39 is 6.04 Å². The van der Waals surface area contributed by atoms with Gasteiger partial charge in [-0.25, -0.2) is 0 Å². The number of carbonyl (C=O) groups excluding carboxylic acids is 1. The molecule has 0 spiro atoms. The monoisotopic (exact) mass is 344 g/mol. The lowest BCUT2D eigenvalue weighted by molar-refractivity contribution is -0.123. The van der Waals surface area contributed by atoms with Crippen LogP contribution in [0, 0.1) is 13.8 Å². The number of hydrogen-bond donors (Lipinski definition) is 2. The van der Waals surface area contributed by atoms with Gasteiger partial charge in [0, 0.05) is 0 Å². The first kappa shape index (κ1) is 17.9. The van der Waals surface area contributed by atoms with E-state index in [9.17, 15) is 4.79 Å². The van der Waals surface area contributed by atoms with E-state index in [1.54, 1.807) is 0 Å². The Morgan fingerprint density at radius 1 is 0.731 bits per heavy atom. The molecule has 26 heavy (non-hydrogen) atoms. The fraction of sp³-hybridized carbons (Fsp3) is 0.174. The van der Waals surface area contributed by atoms with E-state index in [0.29, 0.717) is 0 Å². The van der Waals surface area contributed by atoms with Crippen LogP contribution in [0.1, 0.15) is 39.9 Å². The van der Waals surface area contributed by atoms with Crippen LogP contribution in [-0.4, -0.2) is 5.91 Å². The number of hydrogen-bond acceptors (Lipinski definition) is 2. The average Bonchev–Trinajstić information content (AvgIpc) is 2.67. The first-order chi connectivity index (χ1) is 12.5. The molecule has 132 valence electrons. The van der Waals surface area contributed by atoms with E-state index in [1.807, 2.05) is 54.6 Å². The van der Waals surface area contributed by atoms with Crippen molar-refractivity contribution in [3.05, 3.63) is 107 Å². The molecule has 3 nitrogen and oxygen atoms in total. The van der Waals surface area contributed by atoms with Crippen LogP contribution in [-0.2, 0) is 4.79 Å². The molecule has 3 aromatic carbocycles. The van der Waals surface area contributed by atoms with Crippen molar-refractivity contribution in [1.29, 1.82) is 0 Å². The van der Waals surface area contributed by atoms with Gasteiger partial charge in [0.2, 0.25) is 5.91 Å². The number of carbonyl (C=O) groups is 1. The Morgan fingerprint density at radius 2 is 1.19 bits per heavy atom. The Kier molecular flexibility index (Phi) is 5.49. The van der Waals surface area contributed by atoms with E-state index in [4.69, 9.17) is 5.73 Å².